The molecule has 2 rings (SSSR count). The first kappa shape index (κ1) is 8.52. The molecular weight excluding hydrogens is 152 g/mol. The largest absolute Gasteiger partial charge is 0.390 e. The van der Waals surface area contributed by atoms with Gasteiger partial charge in [-0.2, -0.15) is 0 Å². The van der Waals surface area contributed by atoms with Crippen LogP contribution in [-0.2, 0) is 0 Å². The van der Waals surface area contributed by atoms with Gasteiger partial charge in [-0.1, -0.05) is 20.8 Å². The van der Waals surface area contributed by atoms with E-state index in [-0.39, 0.29) is 10.8 Å². The number of hydrogen-bond acceptors (Lipinski definition) is 2. The van der Waals surface area contributed by atoms with Crippen LogP contribution in [0.25, 0.3) is 0 Å². The lowest BCUT2D eigenvalue weighted by atomic mass is 9.70. The molecule has 0 radical (unpaired) electrons. The van der Waals surface area contributed by atoms with Gasteiger partial charge in [-0.15, -0.1) is 0 Å². The van der Waals surface area contributed by atoms with Crippen LogP contribution >= 0.6 is 0 Å². The van der Waals surface area contributed by atoms with Crippen LogP contribution in [0.4, 0.5) is 0 Å². The van der Waals surface area contributed by atoms with E-state index in [2.05, 4.69) is 20.8 Å². The van der Waals surface area contributed by atoms with Crippen molar-refractivity contribution in [3.63, 3.8) is 0 Å². The van der Waals surface area contributed by atoms with E-state index >= 15 is 0 Å². The van der Waals surface area contributed by atoms with E-state index in [1.807, 2.05) is 0 Å². The van der Waals surface area contributed by atoms with Crippen molar-refractivity contribution in [1.82, 2.24) is 0 Å². The molecule has 2 N–H and O–H groups in total. The second-order valence-corrected chi connectivity index (χ2v) is 5.22. The standard InChI is InChI=1S/C10H18O2/c1-9(2)6-4-5-10(9,3)8(12)7(6)11/h6-8,11-12H,4-5H2,1-3H3/t6?,7-,8+,10?/m1/s1. The molecule has 0 aromatic rings. The Hall–Kier alpha value is -0.0800. The van der Waals surface area contributed by atoms with Gasteiger partial charge in [-0.3, -0.25) is 0 Å². The monoisotopic (exact) mass is 170 g/mol. The van der Waals surface area contributed by atoms with Gasteiger partial charge in [0.15, 0.2) is 0 Å². The van der Waals surface area contributed by atoms with Crippen LogP contribution in [0, 0.1) is 16.7 Å². The molecule has 2 fully saturated rings. The molecule has 0 heterocycles. The summed E-state index contributed by atoms with van der Waals surface area (Å²) < 4.78 is 0. The predicted octanol–water partition coefficient (Wildman–Crippen LogP) is 1.16. The highest BCUT2D eigenvalue weighted by Crippen LogP contribution is 2.65. The summed E-state index contributed by atoms with van der Waals surface area (Å²) in [7, 11) is 0. The molecule has 2 unspecified atom stereocenters. The Balaban J connectivity index is 2.44. The van der Waals surface area contributed by atoms with Crippen LogP contribution in [0.3, 0.4) is 0 Å². The molecule has 4 atom stereocenters. The van der Waals surface area contributed by atoms with E-state index in [0.717, 1.165) is 12.8 Å². The van der Waals surface area contributed by atoms with Gasteiger partial charge in [0.05, 0.1) is 12.2 Å². The number of aliphatic hydroxyl groups is 2. The normalized spacial score (nSPS) is 56.2. The molecule has 2 saturated carbocycles. The number of fused-ring (bicyclic) bond motifs is 2. The van der Waals surface area contributed by atoms with Crippen LogP contribution in [0.1, 0.15) is 33.6 Å². The second kappa shape index (κ2) is 2.05. The van der Waals surface area contributed by atoms with Crippen LogP contribution in [-0.4, -0.2) is 22.4 Å². The van der Waals surface area contributed by atoms with Gasteiger partial charge in [0.2, 0.25) is 0 Å². The summed E-state index contributed by atoms with van der Waals surface area (Å²) in [5, 5.41) is 19.6. The molecule has 2 bridgehead atoms. The van der Waals surface area contributed by atoms with Crippen molar-refractivity contribution >= 4 is 0 Å². The van der Waals surface area contributed by atoms with E-state index in [1.165, 1.54) is 0 Å². The van der Waals surface area contributed by atoms with Gasteiger partial charge in [0.1, 0.15) is 0 Å². The summed E-state index contributed by atoms with van der Waals surface area (Å²) in [4.78, 5) is 0. The zero-order chi connectivity index (χ0) is 9.15. The Morgan fingerprint density at radius 1 is 1.17 bits per heavy atom. The maximum atomic E-state index is 9.83. The van der Waals surface area contributed by atoms with Crippen molar-refractivity contribution in [3.05, 3.63) is 0 Å². The first-order valence-corrected chi connectivity index (χ1v) is 4.77. The van der Waals surface area contributed by atoms with Crippen molar-refractivity contribution in [3.8, 4) is 0 Å². The molecule has 0 aromatic heterocycles. The van der Waals surface area contributed by atoms with Gasteiger partial charge in [-0.25, -0.2) is 0 Å². The molecule has 2 aliphatic rings. The Labute approximate surface area is 73.6 Å². The van der Waals surface area contributed by atoms with Crippen molar-refractivity contribution in [2.75, 3.05) is 0 Å². The number of aliphatic hydroxyl groups excluding tert-OH is 2. The fourth-order valence-corrected chi connectivity index (χ4v) is 3.29. The summed E-state index contributed by atoms with van der Waals surface area (Å²) in [6.07, 6.45) is 1.13. The quantitative estimate of drug-likeness (QED) is 0.573. The molecule has 2 heteroatoms. The van der Waals surface area contributed by atoms with E-state index in [9.17, 15) is 10.2 Å². The fourth-order valence-electron chi connectivity index (χ4n) is 3.29. The average molecular weight is 170 g/mol. The Morgan fingerprint density at radius 3 is 2.00 bits per heavy atom. The molecule has 0 spiro atoms. The van der Waals surface area contributed by atoms with Crippen molar-refractivity contribution in [2.45, 2.75) is 45.8 Å². The van der Waals surface area contributed by atoms with E-state index in [4.69, 9.17) is 0 Å². The van der Waals surface area contributed by atoms with Crippen LogP contribution < -0.4 is 0 Å². The molecule has 0 saturated heterocycles. The molecule has 2 nitrogen and oxygen atoms in total. The van der Waals surface area contributed by atoms with Crippen molar-refractivity contribution in [1.29, 1.82) is 0 Å². The van der Waals surface area contributed by atoms with Gasteiger partial charge < -0.3 is 10.2 Å². The Morgan fingerprint density at radius 2 is 1.75 bits per heavy atom. The molecule has 70 valence electrons. The summed E-state index contributed by atoms with van der Waals surface area (Å²) >= 11 is 0. The van der Waals surface area contributed by atoms with Gasteiger partial charge in [0.25, 0.3) is 0 Å². The Kier molecular flexibility index (Phi) is 1.45. The molecule has 0 aliphatic heterocycles. The maximum Gasteiger partial charge on any atom is 0.0860 e. The van der Waals surface area contributed by atoms with Gasteiger partial charge in [0, 0.05) is 5.41 Å². The van der Waals surface area contributed by atoms with E-state index in [0.29, 0.717) is 5.92 Å². The minimum absolute atomic E-state index is 0.0584. The zero-order valence-corrected chi connectivity index (χ0v) is 8.04. The summed E-state index contributed by atoms with van der Waals surface area (Å²) in [6.45, 7) is 6.45. The SMILES string of the molecule is CC1(C)C2CCC1(C)[C@@H](O)[C@@H]2O. The maximum absolute atomic E-state index is 9.83. The van der Waals surface area contributed by atoms with Crippen LogP contribution in [0.2, 0.25) is 0 Å². The third-order valence-electron chi connectivity index (χ3n) is 4.76. The van der Waals surface area contributed by atoms with Gasteiger partial charge >= 0.3 is 0 Å². The highest BCUT2D eigenvalue weighted by Gasteiger charge is 2.65. The minimum atomic E-state index is -0.508. The lowest BCUT2D eigenvalue weighted by molar-refractivity contribution is -0.0508. The van der Waals surface area contributed by atoms with E-state index < -0.39 is 12.2 Å². The van der Waals surface area contributed by atoms with Crippen molar-refractivity contribution < 1.29 is 10.2 Å². The topological polar surface area (TPSA) is 40.5 Å². The lowest BCUT2D eigenvalue weighted by Crippen LogP contribution is -2.39. The van der Waals surface area contributed by atoms with Crippen LogP contribution in [0.15, 0.2) is 0 Å². The summed E-state index contributed by atoms with van der Waals surface area (Å²) in [5.41, 5.74) is 0.0446. The highest BCUT2D eigenvalue weighted by atomic mass is 16.3. The minimum Gasteiger partial charge on any atom is -0.390 e. The average Bonchev–Trinajstić information content (AvgIpc) is 2.26. The first-order chi connectivity index (χ1) is 5.41. The first-order valence-electron chi connectivity index (χ1n) is 4.77. The molecule has 2 aliphatic carbocycles. The fraction of sp³-hybridized carbons (Fsp3) is 1.00. The second-order valence-electron chi connectivity index (χ2n) is 5.22. The van der Waals surface area contributed by atoms with Crippen LogP contribution in [0.5, 0.6) is 0 Å². The Bertz CT molecular complexity index is 212. The van der Waals surface area contributed by atoms with E-state index in [1.54, 1.807) is 0 Å². The molecule has 0 aromatic carbocycles. The third kappa shape index (κ3) is 0.647. The van der Waals surface area contributed by atoms with Crippen molar-refractivity contribution in [2.24, 2.45) is 16.7 Å². The molecule has 0 amide bonds. The molecule has 12 heavy (non-hydrogen) atoms. The smallest absolute Gasteiger partial charge is 0.0860 e. The number of rotatable bonds is 0. The van der Waals surface area contributed by atoms with Gasteiger partial charge in [-0.05, 0) is 24.2 Å². The predicted molar refractivity (Wildman–Crippen MR) is 46.6 cm³/mol. The molecular formula is C10H18O2. The summed E-state index contributed by atoms with van der Waals surface area (Å²) in [5.74, 6) is 0.303. The highest BCUT2D eigenvalue weighted by molar-refractivity contribution is 5.14. The third-order valence-corrected chi connectivity index (χ3v) is 4.76. The lowest BCUT2D eigenvalue weighted by Gasteiger charge is -2.36. The summed E-state index contributed by atoms with van der Waals surface area (Å²) in [6, 6.07) is 0. The zero-order valence-electron chi connectivity index (χ0n) is 8.04. The number of hydrogen-bond donors (Lipinski definition) is 2.